The molecule has 1 aromatic heterocycles. The van der Waals surface area contributed by atoms with Crippen LogP contribution >= 0.6 is 11.3 Å². The summed E-state index contributed by atoms with van der Waals surface area (Å²) in [6, 6.07) is 0. The van der Waals surface area contributed by atoms with Crippen LogP contribution in [-0.4, -0.2) is 34.6 Å². The number of nitrogens with one attached hydrogen (secondary N) is 2. The smallest absolute Gasteiger partial charge is 0.340 e. The van der Waals surface area contributed by atoms with Gasteiger partial charge in [-0.05, 0) is 37.3 Å². The quantitative estimate of drug-likeness (QED) is 0.773. The molecule has 134 valence electrons. The minimum absolute atomic E-state index is 0.110. The minimum atomic E-state index is -3.70. The molecule has 0 spiro atoms. The molecule has 1 fully saturated rings. The first-order valence-corrected chi connectivity index (χ1v) is 10.8. The van der Waals surface area contributed by atoms with Crippen molar-refractivity contribution in [2.45, 2.75) is 49.3 Å². The van der Waals surface area contributed by atoms with Crippen molar-refractivity contribution >= 4 is 27.3 Å². The predicted octanol–water partition coefficient (Wildman–Crippen LogP) is 2.04. The number of fused-ring (bicyclic) bond motifs is 1. The van der Waals surface area contributed by atoms with Gasteiger partial charge in [-0.3, -0.25) is 0 Å². The maximum atomic E-state index is 12.8. The number of carbonyl (C=O) groups is 1. The van der Waals surface area contributed by atoms with Gasteiger partial charge in [-0.1, -0.05) is 19.3 Å². The summed E-state index contributed by atoms with van der Waals surface area (Å²) >= 11 is 1.19. The van der Waals surface area contributed by atoms with Crippen LogP contribution in [0.1, 0.15) is 52.9 Å². The molecule has 1 aliphatic heterocycles. The zero-order valence-corrected chi connectivity index (χ0v) is 15.5. The second-order valence-corrected chi connectivity index (χ2v) is 9.51. The Morgan fingerprint density at radius 2 is 2.08 bits per heavy atom. The van der Waals surface area contributed by atoms with Gasteiger partial charge in [0.25, 0.3) is 10.0 Å². The molecule has 1 saturated carbocycles. The van der Waals surface area contributed by atoms with Gasteiger partial charge in [-0.2, -0.15) is 0 Å². The van der Waals surface area contributed by atoms with Crippen molar-refractivity contribution < 1.29 is 17.9 Å². The topological polar surface area (TPSA) is 84.5 Å². The summed E-state index contributed by atoms with van der Waals surface area (Å²) in [4.78, 5) is 13.1. The highest BCUT2D eigenvalue weighted by Gasteiger charge is 2.32. The van der Waals surface area contributed by atoms with Crippen molar-refractivity contribution in [2.24, 2.45) is 5.92 Å². The third-order valence-electron chi connectivity index (χ3n) is 4.82. The van der Waals surface area contributed by atoms with E-state index in [-0.39, 0.29) is 9.77 Å². The van der Waals surface area contributed by atoms with Crippen LogP contribution in [0.2, 0.25) is 0 Å². The number of hydrogen-bond donors (Lipinski definition) is 2. The summed E-state index contributed by atoms with van der Waals surface area (Å²) in [7, 11) is -2.41. The van der Waals surface area contributed by atoms with Crippen molar-refractivity contribution in [1.29, 1.82) is 0 Å². The van der Waals surface area contributed by atoms with Crippen LogP contribution in [0.5, 0.6) is 0 Å². The molecule has 0 bridgehead atoms. The fourth-order valence-electron chi connectivity index (χ4n) is 3.49. The van der Waals surface area contributed by atoms with Crippen molar-refractivity contribution in [2.75, 3.05) is 20.2 Å². The van der Waals surface area contributed by atoms with Crippen LogP contribution in [0.25, 0.3) is 0 Å². The first-order chi connectivity index (χ1) is 11.5. The van der Waals surface area contributed by atoms with Gasteiger partial charge in [-0.25, -0.2) is 17.9 Å². The zero-order valence-electron chi connectivity index (χ0n) is 13.9. The fraction of sp³-hybridized carbons (Fsp3) is 0.688. The molecule has 0 unspecified atom stereocenters. The number of ether oxygens (including phenoxy) is 1. The minimum Gasteiger partial charge on any atom is -0.465 e. The number of esters is 1. The number of hydrogen-bond acceptors (Lipinski definition) is 6. The van der Waals surface area contributed by atoms with Crippen LogP contribution < -0.4 is 10.0 Å². The van der Waals surface area contributed by atoms with E-state index in [1.165, 1.54) is 37.7 Å². The van der Waals surface area contributed by atoms with Gasteiger partial charge in [0, 0.05) is 18.0 Å². The average Bonchev–Trinajstić information content (AvgIpc) is 3.01. The molecule has 0 atom stereocenters. The molecular weight excluding hydrogens is 348 g/mol. The highest BCUT2D eigenvalue weighted by atomic mass is 32.2. The fourth-order valence-corrected chi connectivity index (χ4v) is 6.50. The van der Waals surface area contributed by atoms with Gasteiger partial charge in [0.15, 0.2) is 0 Å². The first-order valence-electron chi connectivity index (χ1n) is 8.46. The Bertz CT molecular complexity index is 706. The average molecular weight is 373 g/mol. The number of carbonyl (C=O) groups excluding carboxylic acids is 1. The van der Waals surface area contributed by atoms with Crippen molar-refractivity contribution in [1.82, 2.24) is 10.0 Å². The Morgan fingerprint density at radius 3 is 2.79 bits per heavy atom. The molecule has 24 heavy (non-hydrogen) atoms. The summed E-state index contributed by atoms with van der Waals surface area (Å²) in [5, 5.41) is 3.22. The summed E-state index contributed by atoms with van der Waals surface area (Å²) in [6.07, 6.45) is 6.35. The highest BCUT2D eigenvalue weighted by Crippen LogP contribution is 2.35. The number of methoxy groups -OCH3 is 1. The zero-order chi connectivity index (χ0) is 17.2. The molecule has 3 rings (SSSR count). The van der Waals surface area contributed by atoms with Gasteiger partial charge in [0.1, 0.15) is 4.21 Å². The van der Waals surface area contributed by atoms with Crippen molar-refractivity contribution in [3.63, 3.8) is 0 Å². The van der Waals surface area contributed by atoms with E-state index in [0.29, 0.717) is 25.4 Å². The maximum Gasteiger partial charge on any atom is 0.340 e. The van der Waals surface area contributed by atoms with Gasteiger partial charge in [-0.15, -0.1) is 11.3 Å². The number of thiophene rings is 1. The largest absolute Gasteiger partial charge is 0.465 e. The molecule has 2 aliphatic rings. The van der Waals surface area contributed by atoms with E-state index in [1.54, 1.807) is 0 Å². The van der Waals surface area contributed by atoms with E-state index >= 15 is 0 Å². The SMILES string of the molecule is COC(=O)c1c(S(=O)(=O)NCC2CCCCC2)sc2c1CCNC2. The molecule has 1 aromatic rings. The molecule has 1 aliphatic carbocycles. The predicted molar refractivity (Wildman–Crippen MR) is 92.8 cm³/mol. The van der Waals surface area contributed by atoms with Gasteiger partial charge >= 0.3 is 5.97 Å². The van der Waals surface area contributed by atoms with Gasteiger partial charge in [0.05, 0.1) is 12.7 Å². The van der Waals surface area contributed by atoms with Crippen LogP contribution in [0.4, 0.5) is 0 Å². The standard InChI is InChI=1S/C16H24N2O4S2/c1-22-15(19)14-12-7-8-17-10-13(12)23-16(14)24(20,21)18-9-11-5-3-2-4-6-11/h11,17-18H,2-10H2,1H3. The maximum absolute atomic E-state index is 12.8. The molecule has 0 radical (unpaired) electrons. The molecule has 2 N–H and O–H groups in total. The van der Waals surface area contributed by atoms with Crippen LogP contribution in [0.3, 0.4) is 0 Å². The monoisotopic (exact) mass is 372 g/mol. The summed E-state index contributed by atoms with van der Waals surface area (Å²) < 4.78 is 33.3. The van der Waals surface area contributed by atoms with E-state index in [9.17, 15) is 13.2 Å². The lowest BCUT2D eigenvalue weighted by molar-refractivity contribution is 0.0596. The molecule has 6 nitrogen and oxygen atoms in total. The molecule has 2 heterocycles. The Labute approximate surface area is 147 Å². The number of sulfonamides is 1. The Kier molecular flexibility index (Phi) is 5.59. The number of rotatable bonds is 5. The molecular formula is C16H24N2O4S2. The van der Waals surface area contributed by atoms with Gasteiger partial charge < -0.3 is 10.1 Å². The van der Waals surface area contributed by atoms with Crippen LogP contribution in [-0.2, 0) is 27.7 Å². The molecule has 8 heteroatoms. The third kappa shape index (κ3) is 3.66. The first kappa shape index (κ1) is 17.8. The Morgan fingerprint density at radius 1 is 1.33 bits per heavy atom. The van der Waals surface area contributed by atoms with Crippen LogP contribution in [0, 0.1) is 5.92 Å². The second kappa shape index (κ2) is 7.51. The van der Waals surface area contributed by atoms with Crippen LogP contribution in [0.15, 0.2) is 4.21 Å². The summed E-state index contributed by atoms with van der Waals surface area (Å²) in [5.41, 5.74) is 1.05. The van der Waals surface area contributed by atoms with Crippen molar-refractivity contribution in [3.05, 3.63) is 16.0 Å². The summed E-state index contributed by atoms with van der Waals surface area (Å²) in [5.74, 6) is -0.168. The molecule has 0 saturated heterocycles. The van der Waals surface area contributed by atoms with Crippen molar-refractivity contribution in [3.8, 4) is 0 Å². The van der Waals surface area contributed by atoms with E-state index < -0.39 is 16.0 Å². The Balaban J connectivity index is 1.86. The molecule has 0 aromatic carbocycles. The Hall–Kier alpha value is -0.960. The normalized spacial score (nSPS) is 19.0. The lowest BCUT2D eigenvalue weighted by atomic mass is 9.90. The van der Waals surface area contributed by atoms with E-state index in [0.717, 1.165) is 29.8 Å². The molecule has 0 amide bonds. The third-order valence-corrected chi connectivity index (χ3v) is 7.99. The van der Waals surface area contributed by atoms with E-state index in [2.05, 4.69) is 10.0 Å². The lowest BCUT2D eigenvalue weighted by Gasteiger charge is -2.21. The lowest BCUT2D eigenvalue weighted by Crippen LogP contribution is -2.31. The van der Waals surface area contributed by atoms with E-state index in [1.807, 2.05) is 0 Å². The highest BCUT2D eigenvalue weighted by molar-refractivity contribution is 7.91. The van der Waals surface area contributed by atoms with E-state index in [4.69, 9.17) is 4.74 Å². The summed E-state index contributed by atoms with van der Waals surface area (Å²) in [6.45, 7) is 1.79. The van der Waals surface area contributed by atoms with Gasteiger partial charge in [0.2, 0.25) is 0 Å². The second-order valence-electron chi connectivity index (χ2n) is 6.44.